The van der Waals surface area contributed by atoms with Gasteiger partial charge in [-0.2, -0.15) is 0 Å². The van der Waals surface area contributed by atoms with Gasteiger partial charge >= 0.3 is 6.09 Å². The molecule has 3 unspecified atom stereocenters. The van der Waals surface area contributed by atoms with Gasteiger partial charge in [-0.25, -0.2) is 4.79 Å². The Hall–Kier alpha value is -1.88. The lowest BCUT2D eigenvalue weighted by Gasteiger charge is -2.44. The van der Waals surface area contributed by atoms with E-state index in [0.717, 1.165) is 24.0 Å². The first kappa shape index (κ1) is 17.9. The van der Waals surface area contributed by atoms with Gasteiger partial charge < -0.3 is 9.47 Å². The molecular formula is C20H27NO4. The van der Waals surface area contributed by atoms with Crippen molar-refractivity contribution in [2.45, 2.75) is 58.2 Å². The minimum atomic E-state index is -0.567. The Morgan fingerprint density at radius 1 is 1.24 bits per heavy atom. The van der Waals surface area contributed by atoms with E-state index in [2.05, 4.69) is 0 Å². The fourth-order valence-corrected chi connectivity index (χ4v) is 3.77. The number of carbonyl (C=O) groups is 2. The summed E-state index contributed by atoms with van der Waals surface area (Å²) in [6.45, 7) is 8.35. The normalized spacial score (nSPS) is 27.0. The first-order valence-corrected chi connectivity index (χ1v) is 8.99. The number of benzene rings is 1. The predicted octanol–water partition coefficient (Wildman–Crippen LogP) is 3.46. The van der Waals surface area contributed by atoms with Crippen LogP contribution in [0.1, 0.15) is 50.0 Å². The molecule has 1 aliphatic carbocycles. The molecule has 0 spiro atoms. The fraction of sp³-hybridized carbons (Fsp3) is 0.600. The van der Waals surface area contributed by atoms with Crippen LogP contribution in [0.15, 0.2) is 24.3 Å². The highest BCUT2D eigenvalue weighted by atomic mass is 16.6. The van der Waals surface area contributed by atoms with E-state index in [1.807, 2.05) is 52.0 Å². The van der Waals surface area contributed by atoms with E-state index in [0.29, 0.717) is 13.2 Å². The molecule has 1 aliphatic heterocycles. The summed E-state index contributed by atoms with van der Waals surface area (Å²) < 4.78 is 11.3. The summed E-state index contributed by atoms with van der Waals surface area (Å²) in [6, 6.07) is 7.36. The molecule has 1 aromatic carbocycles. The third-order valence-electron chi connectivity index (χ3n) is 4.89. The smallest absolute Gasteiger partial charge is 0.410 e. The number of aryl methyl sites for hydroxylation is 1. The largest absolute Gasteiger partial charge is 0.444 e. The number of morpholine rings is 1. The van der Waals surface area contributed by atoms with Crippen molar-refractivity contribution in [1.29, 1.82) is 0 Å². The number of ether oxygens (including phenoxy) is 2. The Balaban J connectivity index is 1.86. The lowest BCUT2D eigenvalue weighted by molar-refractivity contribution is -0.0678. The van der Waals surface area contributed by atoms with Crippen molar-refractivity contribution in [2.75, 3.05) is 13.2 Å². The SMILES string of the molecule is CC1COCC(C2CCc3ccccc3C2=O)N1C(=O)OC(C)(C)C. The van der Waals surface area contributed by atoms with Crippen LogP contribution in [0.2, 0.25) is 0 Å². The standard InChI is InChI=1S/C20H27NO4/c1-13-11-24-12-17(21(13)19(23)25-20(2,3)4)16-10-9-14-7-5-6-8-15(14)18(16)22/h5-8,13,16-17H,9-12H2,1-4H3. The molecule has 136 valence electrons. The highest BCUT2D eigenvalue weighted by molar-refractivity contribution is 6.00. The van der Waals surface area contributed by atoms with E-state index >= 15 is 0 Å². The highest BCUT2D eigenvalue weighted by Gasteiger charge is 2.43. The molecule has 3 rings (SSSR count). The molecule has 0 aromatic heterocycles. The number of Topliss-reactive ketones (excluding diaryl/α,β-unsaturated/α-hetero) is 1. The van der Waals surface area contributed by atoms with E-state index in [4.69, 9.17) is 9.47 Å². The van der Waals surface area contributed by atoms with Crippen molar-refractivity contribution >= 4 is 11.9 Å². The molecule has 0 bridgehead atoms. The molecule has 2 aliphatic rings. The van der Waals surface area contributed by atoms with E-state index in [1.54, 1.807) is 4.90 Å². The van der Waals surface area contributed by atoms with E-state index < -0.39 is 5.60 Å². The zero-order chi connectivity index (χ0) is 18.2. The zero-order valence-corrected chi connectivity index (χ0v) is 15.5. The van der Waals surface area contributed by atoms with Gasteiger partial charge in [-0.3, -0.25) is 9.69 Å². The van der Waals surface area contributed by atoms with Gasteiger partial charge in [-0.05, 0) is 46.1 Å². The second-order valence-corrected chi connectivity index (χ2v) is 8.01. The molecule has 1 heterocycles. The van der Waals surface area contributed by atoms with Gasteiger partial charge in [0.2, 0.25) is 0 Å². The van der Waals surface area contributed by atoms with Crippen molar-refractivity contribution in [3.8, 4) is 0 Å². The summed E-state index contributed by atoms with van der Waals surface area (Å²) in [5.41, 5.74) is 1.31. The number of hydrogen-bond donors (Lipinski definition) is 0. The van der Waals surface area contributed by atoms with Gasteiger partial charge in [0.05, 0.1) is 25.3 Å². The Bertz CT molecular complexity index is 664. The van der Waals surface area contributed by atoms with Crippen LogP contribution in [0.3, 0.4) is 0 Å². The predicted molar refractivity (Wildman–Crippen MR) is 94.7 cm³/mol. The summed E-state index contributed by atoms with van der Waals surface area (Å²) in [5, 5.41) is 0. The third-order valence-corrected chi connectivity index (χ3v) is 4.89. The van der Waals surface area contributed by atoms with E-state index in [9.17, 15) is 9.59 Å². The molecule has 5 nitrogen and oxygen atoms in total. The van der Waals surface area contributed by atoms with Gasteiger partial charge in [-0.1, -0.05) is 24.3 Å². The Kier molecular flexibility index (Phi) is 4.87. The second-order valence-electron chi connectivity index (χ2n) is 8.01. The van der Waals surface area contributed by atoms with Crippen LogP contribution in [0.25, 0.3) is 0 Å². The van der Waals surface area contributed by atoms with E-state index in [1.165, 1.54) is 0 Å². The molecule has 5 heteroatoms. The summed E-state index contributed by atoms with van der Waals surface area (Å²) in [4.78, 5) is 27.5. The first-order valence-electron chi connectivity index (χ1n) is 8.99. The average molecular weight is 345 g/mol. The Morgan fingerprint density at radius 2 is 1.96 bits per heavy atom. The minimum absolute atomic E-state index is 0.109. The molecular weight excluding hydrogens is 318 g/mol. The van der Waals surface area contributed by atoms with Gasteiger partial charge in [0.25, 0.3) is 0 Å². The van der Waals surface area contributed by atoms with Crippen LogP contribution < -0.4 is 0 Å². The van der Waals surface area contributed by atoms with Crippen LogP contribution in [0.5, 0.6) is 0 Å². The summed E-state index contributed by atoms with van der Waals surface area (Å²) in [7, 11) is 0. The maximum atomic E-state index is 13.0. The molecule has 0 radical (unpaired) electrons. The Morgan fingerprint density at radius 3 is 2.68 bits per heavy atom. The van der Waals surface area contributed by atoms with Crippen molar-refractivity contribution in [3.63, 3.8) is 0 Å². The molecule has 1 aromatic rings. The van der Waals surface area contributed by atoms with Gasteiger partial charge in [-0.15, -0.1) is 0 Å². The van der Waals surface area contributed by atoms with Crippen LogP contribution in [0.4, 0.5) is 4.79 Å². The van der Waals surface area contributed by atoms with Crippen molar-refractivity contribution in [3.05, 3.63) is 35.4 Å². The van der Waals surface area contributed by atoms with Crippen LogP contribution >= 0.6 is 0 Å². The van der Waals surface area contributed by atoms with Crippen molar-refractivity contribution < 1.29 is 19.1 Å². The van der Waals surface area contributed by atoms with Crippen LogP contribution in [-0.2, 0) is 15.9 Å². The van der Waals surface area contributed by atoms with Gasteiger partial charge in [0, 0.05) is 11.5 Å². The summed E-state index contributed by atoms with van der Waals surface area (Å²) in [6.07, 6.45) is 1.22. The molecule has 1 fully saturated rings. The van der Waals surface area contributed by atoms with Gasteiger partial charge in [0.1, 0.15) is 5.60 Å². The van der Waals surface area contributed by atoms with Crippen molar-refractivity contribution in [2.24, 2.45) is 5.92 Å². The molecule has 0 N–H and O–H groups in total. The maximum Gasteiger partial charge on any atom is 0.410 e. The topological polar surface area (TPSA) is 55.8 Å². The summed E-state index contributed by atoms with van der Waals surface area (Å²) in [5.74, 6) is -0.136. The third kappa shape index (κ3) is 3.71. The second kappa shape index (κ2) is 6.79. The van der Waals surface area contributed by atoms with Gasteiger partial charge in [0.15, 0.2) is 5.78 Å². The molecule has 3 atom stereocenters. The number of carbonyl (C=O) groups excluding carboxylic acids is 2. The van der Waals surface area contributed by atoms with Crippen LogP contribution in [-0.4, -0.2) is 47.7 Å². The Labute approximate surface area is 149 Å². The van der Waals surface area contributed by atoms with Crippen molar-refractivity contribution in [1.82, 2.24) is 4.90 Å². The lowest BCUT2D eigenvalue weighted by Crippen LogP contribution is -2.59. The lowest BCUT2D eigenvalue weighted by atomic mass is 9.78. The number of ketones is 1. The number of rotatable bonds is 1. The van der Waals surface area contributed by atoms with Crippen LogP contribution in [0, 0.1) is 5.92 Å². The molecule has 0 saturated carbocycles. The number of nitrogens with zero attached hydrogens (tertiary/aromatic N) is 1. The molecule has 1 saturated heterocycles. The maximum absolute atomic E-state index is 13.0. The monoisotopic (exact) mass is 345 g/mol. The zero-order valence-electron chi connectivity index (χ0n) is 15.5. The molecule has 25 heavy (non-hydrogen) atoms. The minimum Gasteiger partial charge on any atom is -0.444 e. The summed E-state index contributed by atoms with van der Waals surface area (Å²) >= 11 is 0. The van der Waals surface area contributed by atoms with E-state index in [-0.39, 0.29) is 29.9 Å². The molecule has 1 amide bonds. The number of hydrogen-bond acceptors (Lipinski definition) is 4. The highest BCUT2D eigenvalue weighted by Crippen LogP contribution is 2.32. The fourth-order valence-electron chi connectivity index (χ4n) is 3.77. The first-order chi connectivity index (χ1) is 11.8. The quantitative estimate of drug-likeness (QED) is 0.782. The average Bonchev–Trinajstić information content (AvgIpc) is 2.53. The number of fused-ring (bicyclic) bond motifs is 1. The number of amides is 1.